The van der Waals surface area contributed by atoms with Crippen LogP contribution in [0.4, 0.5) is 0 Å². The summed E-state index contributed by atoms with van der Waals surface area (Å²) in [6, 6.07) is 0. The van der Waals surface area contributed by atoms with Gasteiger partial charge in [-0.3, -0.25) is 14.4 Å². The number of allylic oxidation sites excluding steroid dienone is 1. The Bertz CT molecular complexity index is 1010. The first-order valence-electron chi connectivity index (χ1n) is 15.5. The van der Waals surface area contributed by atoms with E-state index >= 15 is 0 Å². The molecule has 7 nitrogen and oxygen atoms in total. The fourth-order valence-corrected chi connectivity index (χ4v) is 9.74. The molecule has 4 aliphatic rings. The highest BCUT2D eigenvalue weighted by Crippen LogP contribution is 2.67. The molecule has 4 rings (SSSR count). The van der Waals surface area contributed by atoms with Gasteiger partial charge in [-0.1, -0.05) is 32.4 Å². The van der Waals surface area contributed by atoms with E-state index in [0.717, 1.165) is 44.9 Å². The molecule has 3 saturated carbocycles. The summed E-state index contributed by atoms with van der Waals surface area (Å²) in [4.78, 5) is 36.6. The number of ether oxygens (including phenoxy) is 3. The van der Waals surface area contributed by atoms with Crippen molar-refractivity contribution in [1.82, 2.24) is 0 Å². The molecule has 0 aromatic carbocycles. The molecule has 0 heterocycles. The Balaban J connectivity index is 1.55. The number of carbonyl (C=O) groups is 3. The zero-order valence-corrected chi connectivity index (χ0v) is 26.0. The summed E-state index contributed by atoms with van der Waals surface area (Å²) >= 11 is 0. The summed E-state index contributed by atoms with van der Waals surface area (Å²) < 4.78 is 16.4. The van der Waals surface area contributed by atoms with E-state index in [2.05, 4.69) is 26.8 Å². The van der Waals surface area contributed by atoms with Gasteiger partial charge in [-0.15, -0.1) is 0 Å². The van der Waals surface area contributed by atoms with Crippen LogP contribution >= 0.6 is 0 Å². The lowest BCUT2D eigenvalue weighted by atomic mass is 9.46. The zero-order chi connectivity index (χ0) is 29.6. The number of carbonyl (C=O) groups excluding carboxylic acids is 3. The van der Waals surface area contributed by atoms with Crippen LogP contribution in [-0.4, -0.2) is 47.9 Å². The SMILES string of the molecule is COC(=O)C(CC(OC(C)=O)C(C)(C)O)[C@@H](C)[C@H]1CC[C@H]2[C@@H]3CC=C4C[C@@H](OC(C)=O)CC[C@]4(C)[C@H]3CC[C@]12C. The second-order valence-electron chi connectivity index (χ2n) is 14.4. The van der Waals surface area contributed by atoms with Gasteiger partial charge in [0.1, 0.15) is 12.2 Å². The molecule has 0 radical (unpaired) electrons. The number of esters is 3. The van der Waals surface area contributed by atoms with Gasteiger partial charge >= 0.3 is 17.9 Å². The molecule has 10 atom stereocenters. The minimum atomic E-state index is -1.27. The van der Waals surface area contributed by atoms with Crippen molar-refractivity contribution in [2.45, 2.75) is 124 Å². The summed E-state index contributed by atoms with van der Waals surface area (Å²) in [6.07, 6.45) is 10.4. The molecule has 0 aliphatic heterocycles. The van der Waals surface area contributed by atoms with Gasteiger partial charge in [-0.25, -0.2) is 0 Å². The summed E-state index contributed by atoms with van der Waals surface area (Å²) in [5.74, 6) is 0.821. The molecule has 4 aliphatic carbocycles. The molecule has 0 aromatic heterocycles. The van der Waals surface area contributed by atoms with Gasteiger partial charge in [-0.2, -0.15) is 0 Å². The summed E-state index contributed by atoms with van der Waals surface area (Å²) in [7, 11) is 1.42. The molecule has 0 spiro atoms. The summed E-state index contributed by atoms with van der Waals surface area (Å²) in [5, 5.41) is 10.8. The van der Waals surface area contributed by atoms with Gasteiger partial charge in [0.2, 0.25) is 0 Å². The van der Waals surface area contributed by atoms with Crippen LogP contribution in [0.15, 0.2) is 11.6 Å². The predicted molar refractivity (Wildman–Crippen MR) is 152 cm³/mol. The zero-order valence-electron chi connectivity index (χ0n) is 26.0. The molecule has 7 heteroatoms. The molecular formula is C33H52O7. The molecule has 0 saturated heterocycles. The van der Waals surface area contributed by atoms with Crippen molar-refractivity contribution < 1.29 is 33.7 Å². The minimum absolute atomic E-state index is 0.00824. The van der Waals surface area contributed by atoms with Gasteiger partial charge in [0, 0.05) is 26.7 Å². The van der Waals surface area contributed by atoms with E-state index < -0.39 is 23.6 Å². The number of hydrogen-bond donors (Lipinski definition) is 1. The van der Waals surface area contributed by atoms with E-state index in [1.165, 1.54) is 33.0 Å². The van der Waals surface area contributed by atoms with E-state index in [-0.39, 0.29) is 41.2 Å². The number of aliphatic hydroxyl groups is 1. The van der Waals surface area contributed by atoms with Crippen LogP contribution in [0.3, 0.4) is 0 Å². The van der Waals surface area contributed by atoms with Crippen molar-refractivity contribution in [3.8, 4) is 0 Å². The van der Waals surface area contributed by atoms with Crippen LogP contribution in [-0.2, 0) is 28.6 Å². The van der Waals surface area contributed by atoms with Crippen molar-refractivity contribution in [3.05, 3.63) is 11.6 Å². The number of rotatable bonds is 8. The fourth-order valence-electron chi connectivity index (χ4n) is 9.74. The number of methoxy groups -OCH3 is 1. The first-order chi connectivity index (χ1) is 18.6. The van der Waals surface area contributed by atoms with Crippen LogP contribution in [0, 0.1) is 46.3 Å². The molecule has 1 N–H and O–H groups in total. The monoisotopic (exact) mass is 560 g/mol. The van der Waals surface area contributed by atoms with Gasteiger partial charge in [0.25, 0.3) is 0 Å². The van der Waals surface area contributed by atoms with Crippen LogP contribution in [0.1, 0.15) is 106 Å². The second-order valence-corrected chi connectivity index (χ2v) is 14.4. The lowest BCUT2D eigenvalue weighted by Gasteiger charge is -2.58. The average Bonchev–Trinajstić information content (AvgIpc) is 3.22. The Labute approximate surface area is 240 Å². The molecule has 2 unspecified atom stereocenters. The van der Waals surface area contributed by atoms with E-state index in [9.17, 15) is 19.5 Å². The Morgan fingerprint density at radius 2 is 1.75 bits per heavy atom. The van der Waals surface area contributed by atoms with Crippen molar-refractivity contribution in [2.75, 3.05) is 7.11 Å². The molecule has 3 fully saturated rings. The van der Waals surface area contributed by atoms with Gasteiger partial charge in [0.15, 0.2) is 0 Å². The van der Waals surface area contributed by atoms with Gasteiger partial charge in [0.05, 0.1) is 18.6 Å². The van der Waals surface area contributed by atoms with E-state index in [1.807, 2.05) is 0 Å². The normalized spacial score (nSPS) is 37.5. The molecule has 0 amide bonds. The minimum Gasteiger partial charge on any atom is -0.469 e. The Hall–Kier alpha value is -1.89. The predicted octanol–water partition coefficient (Wildman–Crippen LogP) is 6.02. The highest BCUT2D eigenvalue weighted by atomic mass is 16.6. The Kier molecular flexibility index (Phi) is 8.86. The third kappa shape index (κ3) is 5.73. The van der Waals surface area contributed by atoms with Crippen molar-refractivity contribution in [2.24, 2.45) is 46.3 Å². The molecular weight excluding hydrogens is 508 g/mol. The second kappa shape index (κ2) is 11.4. The topological polar surface area (TPSA) is 99.1 Å². The standard InChI is InChI=1S/C33H52O7/c1-19(25(30(36)38-8)18-29(31(4,5)37)40-21(3)35)26-11-12-27-24-10-9-22-17-23(39-20(2)34)13-15-32(22,6)28(24)14-16-33(26,27)7/h9,19,23-29,37H,10-18H2,1-8H3/t19-,23+,24+,25?,26-,27+,28+,29?,32+,33-/m1/s1. The van der Waals surface area contributed by atoms with Crippen LogP contribution in [0.5, 0.6) is 0 Å². The average molecular weight is 561 g/mol. The number of hydrogen-bond acceptors (Lipinski definition) is 7. The molecule has 226 valence electrons. The third-order valence-corrected chi connectivity index (χ3v) is 11.8. The lowest BCUT2D eigenvalue weighted by molar-refractivity contribution is -0.167. The van der Waals surface area contributed by atoms with Crippen LogP contribution < -0.4 is 0 Å². The first-order valence-corrected chi connectivity index (χ1v) is 15.5. The number of fused-ring (bicyclic) bond motifs is 5. The van der Waals surface area contributed by atoms with Crippen LogP contribution in [0.25, 0.3) is 0 Å². The first kappa shape index (κ1) is 31.1. The third-order valence-electron chi connectivity index (χ3n) is 11.8. The summed E-state index contributed by atoms with van der Waals surface area (Å²) in [6.45, 7) is 13.2. The molecule has 40 heavy (non-hydrogen) atoms. The highest BCUT2D eigenvalue weighted by Gasteiger charge is 2.60. The highest BCUT2D eigenvalue weighted by molar-refractivity contribution is 5.73. The summed E-state index contributed by atoms with van der Waals surface area (Å²) in [5.41, 5.74) is 0.512. The fraction of sp³-hybridized carbons (Fsp3) is 0.848. The van der Waals surface area contributed by atoms with E-state index in [0.29, 0.717) is 23.7 Å². The van der Waals surface area contributed by atoms with Gasteiger partial charge in [-0.05, 0) is 99.2 Å². The van der Waals surface area contributed by atoms with Gasteiger partial charge < -0.3 is 19.3 Å². The van der Waals surface area contributed by atoms with E-state index in [4.69, 9.17) is 14.2 Å². The Morgan fingerprint density at radius 3 is 2.35 bits per heavy atom. The molecule has 0 bridgehead atoms. The van der Waals surface area contributed by atoms with Crippen molar-refractivity contribution >= 4 is 17.9 Å². The van der Waals surface area contributed by atoms with Crippen LogP contribution in [0.2, 0.25) is 0 Å². The van der Waals surface area contributed by atoms with Crippen molar-refractivity contribution in [3.63, 3.8) is 0 Å². The lowest BCUT2D eigenvalue weighted by Crippen LogP contribution is -2.51. The molecule has 0 aromatic rings. The maximum atomic E-state index is 13.2. The smallest absolute Gasteiger partial charge is 0.309 e. The van der Waals surface area contributed by atoms with Crippen molar-refractivity contribution in [1.29, 1.82) is 0 Å². The van der Waals surface area contributed by atoms with E-state index in [1.54, 1.807) is 13.8 Å². The largest absolute Gasteiger partial charge is 0.469 e. The maximum Gasteiger partial charge on any atom is 0.309 e. The maximum absolute atomic E-state index is 13.2. The quantitative estimate of drug-likeness (QED) is 0.220. The Morgan fingerprint density at radius 1 is 1.05 bits per heavy atom.